The zero-order valence-electron chi connectivity index (χ0n) is 16.8. The lowest BCUT2D eigenvalue weighted by atomic mass is 9.94. The molecule has 2 atom stereocenters. The van der Waals surface area contributed by atoms with Gasteiger partial charge in [-0.15, -0.1) is 12.4 Å². The number of aryl methyl sites for hydroxylation is 2. The smallest absolute Gasteiger partial charge is 0.261 e. The standard InChI is InChI=1S/C21H30N4O3.ClH/c26-19-16(11-15-6-1-2-7-17(15)24-19)21(28)25-10-4-5-14(13-25)12-23-20(27)18-8-3-9-22-18;/h11,14,18,22H,1-10,12-13H2,(H,23,27)(H,24,26);1H. The van der Waals surface area contributed by atoms with Crippen LogP contribution in [0.4, 0.5) is 0 Å². The molecule has 2 unspecified atom stereocenters. The molecule has 8 heteroatoms. The number of likely N-dealkylation sites (tertiary alicyclic amines) is 1. The molecular weight excluding hydrogens is 392 g/mol. The summed E-state index contributed by atoms with van der Waals surface area (Å²) in [6, 6.07) is 1.74. The fourth-order valence-electron chi connectivity index (χ4n) is 4.70. The first-order valence-electron chi connectivity index (χ1n) is 10.7. The first kappa shape index (κ1) is 21.8. The summed E-state index contributed by atoms with van der Waals surface area (Å²) in [6.45, 7) is 2.75. The number of rotatable bonds is 4. The Bertz CT molecular complexity index is 804. The highest BCUT2D eigenvalue weighted by atomic mass is 35.5. The number of pyridine rings is 1. The summed E-state index contributed by atoms with van der Waals surface area (Å²) in [5, 5.41) is 6.25. The molecule has 29 heavy (non-hydrogen) atoms. The second kappa shape index (κ2) is 9.76. The zero-order valence-corrected chi connectivity index (χ0v) is 17.6. The number of hydrogen-bond acceptors (Lipinski definition) is 4. The molecule has 2 aliphatic heterocycles. The number of fused-ring (bicyclic) bond motifs is 1. The number of halogens is 1. The Hall–Kier alpha value is -1.86. The molecule has 2 saturated heterocycles. The van der Waals surface area contributed by atoms with Crippen LogP contribution in [0.2, 0.25) is 0 Å². The van der Waals surface area contributed by atoms with Crippen molar-refractivity contribution in [3.63, 3.8) is 0 Å². The van der Waals surface area contributed by atoms with Gasteiger partial charge in [-0.2, -0.15) is 0 Å². The highest BCUT2D eigenvalue weighted by molar-refractivity contribution is 5.94. The number of amides is 2. The van der Waals surface area contributed by atoms with Crippen molar-refractivity contribution in [2.75, 3.05) is 26.2 Å². The minimum absolute atomic E-state index is 0. The molecule has 2 amide bonds. The van der Waals surface area contributed by atoms with Gasteiger partial charge in [0.15, 0.2) is 0 Å². The van der Waals surface area contributed by atoms with E-state index in [4.69, 9.17) is 0 Å². The van der Waals surface area contributed by atoms with E-state index in [1.165, 1.54) is 0 Å². The fraction of sp³-hybridized carbons (Fsp3) is 0.667. The van der Waals surface area contributed by atoms with Crippen molar-refractivity contribution in [3.05, 3.63) is 33.2 Å². The molecule has 2 fully saturated rings. The van der Waals surface area contributed by atoms with Crippen LogP contribution in [0.25, 0.3) is 0 Å². The van der Waals surface area contributed by atoms with E-state index in [1.54, 1.807) is 4.90 Å². The topological polar surface area (TPSA) is 94.3 Å². The van der Waals surface area contributed by atoms with Gasteiger partial charge in [-0.25, -0.2) is 0 Å². The normalized spacial score (nSPS) is 23.8. The molecule has 0 radical (unpaired) electrons. The van der Waals surface area contributed by atoms with E-state index in [2.05, 4.69) is 15.6 Å². The third-order valence-electron chi connectivity index (χ3n) is 6.32. The number of nitrogens with one attached hydrogen (secondary N) is 3. The van der Waals surface area contributed by atoms with Crippen molar-refractivity contribution in [3.8, 4) is 0 Å². The van der Waals surface area contributed by atoms with Gasteiger partial charge in [0.05, 0.1) is 6.04 Å². The van der Waals surface area contributed by atoms with Gasteiger partial charge in [-0.3, -0.25) is 14.4 Å². The van der Waals surface area contributed by atoms with E-state index in [9.17, 15) is 14.4 Å². The zero-order chi connectivity index (χ0) is 19.5. The Morgan fingerprint density at radius 1 is 1.14 bits per heavy atom. The number of hydrogen-bond donors (Lipinski definition) is 3. The van der Waals surface area contributed by atoms with Crippen LogP contribution < -0.4 is 16.2 Å². The Morgan fingerprint density at radius 3 is 2.76 bits per heavy atom. The van der Waals surface area contributed by atoms with E-state index in [0.717, 1.165) is 69.2 Å². The Kier molecular flexibility index (Phi) is 7.35. The van der Waals surface area contributed by atoms with Crippen LogP contribution in [0, 0.1) is 5.92 Å². The molecule has 1 aromatic rings. The molecule has 3 aliphatic rings. The first-order chi connectivity index (χ1) is 13.6. The van der Waals surface area contributed by atoms with Gasteiger partial charge in [-0.05, 0) is 75.5 Å². The SMILES string of the molecule is Cl.O=C(NCC1CCCN(C(=O)c2cc3c([nH]c2=O)CCCC3)C1)C1CCCN1. The van der Waals surface area contributed by atoms with Crippen LogP contribution in [-0.2, 0) is 17.6 Å². The van der Waals surface area contributed by atoms with Crippen LogP contribution in [-0.4, -0.2) is 53.9 Å². The fourth-order valence-corrected chi connectivity index (χ4v) is 4.70. The minimum Gasteiger partial charge on any atom is -0.354 e. The van der Waals surface area contributed by atoms with E-state index >= 15 is 0 Å². The van der Waals surface area contributed by atoms with Crippen LogP contribution in [0.15, 0.2) is 10.9 Å². The monoisotopic (exact) mass is 422 g/mol. The van der Waals surface area contributed by atoms with Gasteiger partial charge in [0.25, 0.3) is 11.5 Å². The van der Waals surface area contributed by atoms with Crippen LogP contribution in [0.5, 0.6) is 0 Å². The van der Waals surface area contributed by atoms with Crippen molar-refractivity contribution >= 4 is 24.2 Å². The van der Waals surface area contributed by atoms with Gasteiger partial charge in [0.1, 0.15) is 5.56 Å². The Balaban J connectivity index is 0.00000240. The first-order valence-corrected chi connectivity index (χ1v) is 10.7. The lowest BCUT2D eigenvalue weighted by Crippen LogP contribution is -2.47. The van der Waals surface area contributed by atoms with Crippen molar-refractivity contribution in [1.82, 2.24) is 20.5 Å². The molecule has 160 valence electrons. The minimum atomic E-state index is -0.270. The maximum atomic E-state index is 13.0. The van der Waals surface area contributed by atoms with Gasteiger partial charge < -0.3 is 20.5 Å². The van der Waals surface area contributed by atoms with Gasteiger partial charge in [0, 0.05) is 25.3 Å². The lowest BCUT2D eigenvalue weighted by molar-refractivity contribution is -0.123. The summed E-state index contributed by atoms with van der Waals surface area (Å²) in [7, 11) is 0. The number of aromatic nitrogens is 1. The van der Waals surface area contributed by atoms with Crippen LogP contribution >= 0.6 is 12.4 Å². The molecule has 0 bridgehead atoms. The summed E-state index contributed by atoms with van der Waals surface area (Å²) in [5.41, 5.74) is 2.10. The molecule has 1 aromatic heterocycles. The summed E-state index contributed by atoms with van der Waals surface area (Å²) in [4.78, 5) is 42.4. The highest BCUT2D eigenvalue weighted by Gasteiger charge is 2.28. The number of carbonyl (C=O) groups excluding carboxylic acids is 2. The second-order valence-electron chi connectivity index (χ2n) is 8.38. The van der Waals surface area contributed by atoms with Gasteiger partial charge >= 0.3 is 0 Å². The largest absolute Gasteiger partial charge is 0.354 e. The van der Waals surface area contributed by atoms with Crippen LogP contribution in [0.1, 0.15) is 60.1 Å². The summed E-state index contributed by atoms with van der Waals surface area (Å²) in [5.74, 6) is 0.120. The molecular formula is C21H31ClN4O3. The number of carbonyl (C=O) groups is 2. The third-order valence-corrected chi connectivity index (χ3v) is 6.32. The Labute approximate surface area is 177 Å². The van der Waals surface area contributed by atoms with E-state index in [0.29, 0.717) is 19.6 Å². The molecule has 3 N–H and O–H groups in total. The Morgan fingerprint density at radius 2 is 1.97 bits per heavy atom. The molecule has 3 heterocycles. The predicted octanol–water partition coefficient (Wildman–Crippen LogP) is 1.40. The van der Waals surface area contributed by atoms with E-state index < -0.39 is 0 Å². The third kappa shape index (κ3) is 5.01. The van der Waals surface area contributed by atoms with Crippen molar-refractivity contribution < 1.29 is 9.59 Å². The molecule has 0 saturated carbocycles. The summed E-state index contributed by atoms with van der Waals surface area (Å²) < 4.78 is 0. The predicted molar refractivity (Wildman–Crippen MR) is 114 cm³/mol. The summed E-state index contributed by atoms with van der Waals surface area (Å²) in [6.07, 6.45) is 7.83. The van der Waals surface area contributed by atoms with Crippen molar-refractivity contribution in [2.45, 2.75) is 57.4 Å². The molecule has 0 spiro atoms. The molecule has 4 rings (SSSR count). The van der Waals surface area contributed by atoms with E-state index in [1.807, 2.05) is 6.07 Å². The number of aromatic amines is 1. The maximum absolute atomic E-state index is 13.0. The lowest BCUT2D eigenvalue weighted by Gasteiger charge is -2.33. The van der Waals surface area contributed by atoms with Crippen LogP contribution in [0.3, 0.4) is 0 Å². The average molecular weight is 423 g/mol. The second-order valence-corrected chi connectivity index (χ2v) is 8.38. The van der Waals surface area contributed by atoms with Crippen molar-refractivity contribution in [1.29, 1.82) is 0 Å². The molecule has 7 nitrogen and oxygen atoms in total. The highest BCUT2D eigenvalue weighted by Crippen LogP contribution is 2.21. The molecule has 0 aromatic carbocycles. The van der Waals surface area contributed by atoms with Crippen molar-refractivity contribution in [2.24, 2.45) is 5.92 Å². The van der Waals surface area contributed by atoms with Gasteiger partial charge in [0.2, 0.25) is 5.91 Å². The number of nitrogens with zero attached hydrogens (tertiary/aromatic N) is 1. The molecule has 1 aliphatic carbocycles. The maximum Gasteiger partial charge on any atom is 0.261 e. The number of H-pyrrole nitrogens is 1. The van der Waals surface area contributed by atoms with E-state index in [-0.39, 0.29) is 47.3 Å². The summed E-state index contributed by atoms with van der Waals surface area (Å²) >= 11 is 0. The number of piperidine rings is 1. The van der Waals surface area contributed by atoms with Gasteiger partial charge in [-0.1, -0.05) is 0 Å². The average Bonchev–Trinajstić information content (AvgIpc) is 3.26. The quantitative estimate of drug-likeness (QED) is 0.683.